The zero-order chi connectivity index (χ0) is 19.3. The van der Waals surface area contributed by atoms with E-state index in [1.807, 2.05) is 24.4 Å². The van der Waals surface area contributed by atoms with Crippen molar-refractivity contribution < 1.29 is 9.53 Å². The van der Waals surface area contributed by atoms with Gasteiger partial charge in [0.25, 0.3) is 0 Å². The van der Waals surface area contributed by atoms with Crippen LogP contribution >= 0.6 is 0 Å². The predicted molar refractivity (Wildman–Crippen MR) is 112 cm³/mol. The molecule has 0 radical (unpaired) electrons. The Bertz CT molecular complexity index is 1180. The van der Waals surface area contributed by atoms with Gasteiger partial charge in [-0.2, -0.15) is 0 Å². The molecule has 0 spiro atoms. The lowest BCUT2D eigenvalue weighted by atomic mass is 9.82. The second-order valence-corrected chi connectivity index (χ2v) is 7.77. The van der Waals surface area contributed by atoms with E-state index in [4.69, 9.17) is 4.74 Å². The maximum atomic E-state index is 12.9. The number of rotatable bonds is 4. The molecule has 28 heavy (non-hydrogen) atoms. The van der Waals surface area contributed by atoms with E-state index in [0.29, 0.717) is 0 Å². The van der Waals surface area contributed by atoms with Crippen LogP contribution in [0.4, 0.5) is 0 Å². The third-order valence-electron chi connectivity index (χ3n) is 6.26. The first-order valence-electron chi connectivity index (χ1n) is 9.93. The summed E-state index contributed by atoms with van der Waals surface area (Å²) >= 11 is 0. The van der Waals surface area contributed by atoms with Crippen molar-refractivity contribution in [3.63, 3.8) is 0 Å². The molecule has 0 fully saturated rings. The van der Waals surface area contributed by atoms with Gasteiger partial charge in [-0.15, -0.1) is 0 Å². The number of para-hydroxylation sites is 2. The maximum Gasteiger partial charge on any atom is 0.313 e. The second kappa shape index (κ2) is 6.55. The molecule has 3 heterocycles. The van der Waals surface area contributed by atoms with E-state index in [1.54, 1.807) is 0 Å². The summed E-state index contributed by atoms with van der Waals surface area (Å²) in [4.78, 5) is 16.2. The van der Waals surface area contributed by atoms with E-state index in [9.17, 15) is 4.79 Å². The SMILES string of the molecule is COC(=O)C(c1c[nH]c2ccccc12)C(C)c1cn2c3c(cccc13)CCC2. The number of aromatic amines is 1. The van der Waals surface area contributed by atoms with Crippen LogP contribution in [0.5, 0.6) is 0 Å². The van der Waals surface area contributed by atoms with Gasteiger partial charge in [0.15, 0.2) is 0 Å². The maximum absolute atomic E-state index is 12.9. The molecule has 2 aromatic carbocycles. The highest BCUT2D eigenvalue weighted by molar-refractivity contribution is 5.93. The number of esters is 1. The number of aryl methyl sites for hydroxylation is 2. The molecule has 0 amide bonds. The van der Waals surface area contributed by atoms with Crippen LogP contribution in [0.25, 0.3) is 21.8 Å². The smallest absolute Gasteiger partial charge is 0.313 e. The number of H-pyrrole nitrogens is 1. The number of ether oxygens (including phenoxy) is 1. The molecule has 0 bridgehead atoms. The van der Waals surface area contributed by atoms with Crippen molar-refractivity contribution in [2.45, 2.75) is 38.1 Å². The molecule has 0 saturated heterocycles. The summed E-state index contributed by atoms with van der Waals surface area (Å²) in [5.74, 6) is -0.544. The van der Waals surface area contributed by atoms with E-state index in [1.165, 1.54) is 29.1 Å². The zero-order valence-corrected chi connectivity index (χ0v) is 16.2. The summed E-state index contributed by atoms with van der Waals surface area (Å²) in [5.41, 5.74) is 6.00. The number of methoxy groups -OCH3 is 1. The molecule has 142 valence electrons. The minimum Gasteiger partial charge on any atom is -0.469 e. The summed E-state index contributed by atoms with van der Waals surface area (Å²) in [7, 11) is 1.48. The van der Waals surface area contributed by atoms with Crippen LogP contribution in [-0.2, 0) is 22.5 Å². The number of fused-ring (bicyclic) bond motifs is 1. The van der Waals surface area contributed by atoms with Gasteiger partial charge >= 0.3 is 5.97 Å². The number of nitrogens with zero attached hydrogens (tertiary/aromatic N) is 1. The molecule has 1 aliphatic heterocycles. The first kappa shape index (κ1) is 17.1. The standard InChI is InChI=1S/C24H24N2O2/c1-15(20-14-26-12-6-8-16-7-5-10-18(20)23(16)26)22(24(27)28-2)19-13-25-21-11-4-3-9-17(19)21/h3-5,7,9-11,13-15,22,25H,6,8,12H2,1-2H3. The average molecular weight is 372 g/mol. The van der Waals surface area contributed by atoms with Crippen molar-refractivity contribution >= 4 is 27.8 Å². The second-order valence-electron chi connectivity index (χ2n) is 7.77. The molecule has 0 saturated carbocycles. The number of benzene rings is 2. The zero-order valence-electron chi connectivity index (χ0n) is 16.2. The topological polar surface area (TPSA) is 47.0 Å². The van der Waals surface area contributed by atoms with Crippen LogP contribution in [-0.4, -0.2) is 22.6 Å². The molecule has 1 N–H and O–H groups in total. The van der Waals surface area contributed by atoms with Gasteiger partial charge in [-0.25, -0.2) is 0 Å². The number of aromatic nitrogens is 2. The highest BCUT2D eigenvalue weighted by atomic mass is 16.5. The van der Waals surface area contributed by atoms with Crippen molar-refractivity contribution in [1.29, 1.82) is 0 Å². The number of nitrogens with one attached hydrogen (secondary N) is 1. The van der Waals surface area contributed by atoms with Crippen LogP contribution in [0.2, 0.25) is 0 Å². The molecule has 2 unspecified atom stereocenters. The van der Waals surface area contributed by atoms with Crippen molar-refractivity contribution in [2.24, 2.45) is 0 Å². The summed E-state index contributed by atoms with van der Waals surface area (Å²) < 4.78 is 7.61. The number of hydrogen-bond acceptors (Lipinski definition) is 2. The van der Waals surface area contributed by atoms with Crippen molar-refractivity contribution in [3.05, 3.63) is 71.5 Å². The molecule has 0 aliphatic carbocycles. The highest BCUT2D eigenvalue weighted by Gasteiger charge is 2.33. The van der Waals surface area contributed by atoms with E-state index in [2.05, 4.69) is 46.9 Å². The largest absolute Gasteiger partial charge is 0.469 e. The third kappa shape index (κ3) is 2.48. The Labute approximate surface area is 164 Å². The van der Waals surface area contributed by atoms with E-state index in [0.717, 1.165) is 35.9 Å². The number of hydrogen-bond donors (Lipinski definition) is 1. The van der Waals surface area contributed by atoms with Gasteiger partial charge < -0.3 is 14.3 Å². The van der Waals surface area contributed by atoms with Gasteiger partial charge in [-0.1, -0.05) is 43.3 Å². The molecule has 4 aromatic rings. The quantitative estimate of drug-likeness (QED) is 0.505. The first-order valence-corrected chi connectivity index (χ1v) is 9.93. The first-order chi connectivity index (χ1) is 13.7. The van der Waals surface area contributed by atoms with E-state index in [-0.39, 0.29) is 17.8 Å². The van der Waals surface area contributed by atoms with Gasteiger partial charge in [0.2, 0.25) is 0 Å². The summed E-state index contributed by atoms with van der Waals surface area (Å²) in [6, 6.07) is 14.7. The Morgan fingerprint density at radius 3 is 2.79 bits per heavy atom. The molecular formula is C24H24N2O2. The minimum absolute atomic E-state index is 0.00348. The van der Waals surface area contributed by atoms with Crippen LogP contribution in [0.3, 0.4) is 0 Å². The van der Waals surface area contributed by atoms with Gasteiger partial charge in [0, 0.05) is 41.1 Å². The van der Waals surface area contributed by atoms with E-state index < -0.39 is 0 Å². The normalized spacial score (nSPS) is 15.6. The lowest BCUT2D eigenvalue weighted by Crippen LogP contribution is -2.20. The van der Waals surface area contributed by atoms with Gasteiger partial charge in [-0.05, 0) is 35.6 Å². The Kier molecular flexibility index (Phi) is 4.00. The van der Waals surface area contributed by atoms with Gasteiger partial charge in [0.05, 0.1) is 18.5 Å². The van der Waals surface area contributed by atoms with Crippen molar-refractivity contribution in [3.8, 4) is 0 Å². The molecule has 2 atom stereocenters. The predicted octanol–water partition coefficient (Wildman–Crippen LogP) is 5.13. The van der Waals surface area contributed by atoms with Crippen LogP contribution in [0.15, 0.2) is 54.9 Å². The van der Waals surface area contributed by atoms with Crippen LogP contribution < -0.4 is 0 Å². The number of carbonyl (C=O) groups excluding carboxylic acids is 1. The van der Waals surface area contributed by atoms with Crippen molar-refractivity contribution in [1.82, 2.24) is 9.55 Å². The Hall–Kier alpha value is -3.01. The Morgan fingerprint density at radius 2 is 1.93 bits per heavy atom. The molecule has 1 aliphatic rings. The van der Waals surface area contributed by atoms with Crippen LogP contribution in [0.1, 0.15) is 41.9 Å². The Balaban J connectivity index is 1.68. The lowest BCUT2D eigenvalue weighted by molar-refractivity contribution is -0.142. The van der Waals surface area contributed by atoms with E-state index >= 15 is 0 Å². The summed E-state index contributed by atoms with van der Waals surface area (Å²) in [6.45, 7) is 3.18. The van der Waals surface area contributed by atoms with Gasteiger partial charge in [0.1, 0.15) is 0 Å². The molecule has 2 aromatic heterocycles. The minimum atomic E-state index is -0.357. The third-order valence-corrected chi connectivity index (χ3v) is 6.26. The van der Waals surface area contributed by atoms with Crippen molar-refractivity contribution in [2.75, 3.05) is 7.11 Å². The fraction of sp³-hybridized carbons (Fsp3) is 0.292. The van der Waals surface area contributed by atoms with Gasteiger partial charge in [-0.3, -0.25) is 4.79 Å². The lowest BCUT2D eigenvalue weighted by Gasteiger charge is -2.21. The van der Waals surface area contributed by atoms with Crippen LogP contribution in [0, 0.1) is 0 Å². The Morgan fingerprint density at radius 1 is 1.11 bits per heavy atom. The fourth-order valence-electron chi connectivity index (χ4n) is 4.90. The highest BCUT2D eigenvalue weighted by Crippen LogP contribution is 2.41. The monoisotopic (exact) mass is 372 g/mol. The molecule has 4 heteroatoms. The summed E-state index contributed by atoms with van der Waals surface area (Å²) in [6.07, 6.45) is 6.50. The molecule has 4 nitrogen and oxygen atoms in total. The number of carbonyl (C=O) groups is 1. The fourth-order valence-corrected chi connectivity index (χ4v) is 4.90. The molecular weight excluding hydrogens is 348 g/mol. The summed E-state index contributed by atoms with van der Waals surface area (Å²) in [5, 5.41) is 2.34. The molecule has 5 rings (SSSR count). The average Bonchev–Trinajstić information content (AvgIpc) is 3.32.